The summed E-state index contributed by atoms with van der Waals surface area (Å²) >= 11 is 1.18. The highest BCUT2D eigenvalue weighted by atomic mass is 32.2. The zero-order valence-corrected chi connectivity index (χ0v) is 16.9. The molecule has 3 rings (SSSR count). The number of thiophene rings is 1. The number of nitrogen functional groups attached to an aromatic ring is 1. The van der Waals surface area contributed by atoms with Crippen molar-refractivity contribution in [1.82, 2.24) is 19.8 Å². The molecule has 0 aliphatic carbocycles. The zero-order valence-electron chi connectivity index (χ0n) is 15.2. The number of carbonyl (C=O) groups excluding carboxylic acids is 1. The Hall–Kier alpha value is -2.42. The fourth-order valence-electron chi connectivity index (χ4n) is 3.23. The number of anilines is 1. The molecule has 1 amide bonds. The van der Waals surface area contributed by atoms with Gasteiger partial charge in [0.25, 0.3) is 10.0 Å². The SMILES string of the molecule is N#Cc1c(N)n[nH]c1CCCNC(=O)[C@@H]1CCCN(S(=O)(=O)c2cccs2)C1. The van der Waals surface area contributed by atoms with Crippen LogP contribution in [0.25, 0.3) is 0 Å². The number of hydrogen-bond acceptors (Lipinski definition) is 7. The second kappa shape index (κ2) is 8.72. The van der Waals surface area contributed by atoms with Crippen molar-refractivity contribution in [3.63, 3.8) is 0 Å². The molecule has 1 fully saturated rings. The van der Waals surface area contributed by atoms with Gasteiger partial charge in [0.2, 0.25) is 5.91 Å². The second-order valence-corrected chi connectivity index (χ2v) is 9.72. The number of piperidine rings is 1. The summed E-state index contributed by atoms with van der Waals surface area (Å²) in [6.45, 7) is 1.06. The van der Waals surface area contributed by atoms with Gasteiger partial charge in [0.05, 0.1) is 11.6 Å². The van der Waals surface area contributed by atoms with Gasteiger partial charge in [-0.1, -0.05) is 6.07 Å². The van der Waals surface area contributed by atoms with Gasteiger partial charge in [-0.3, -0.25) is 9.89 Å². The summed E-state index contributed by atoms with van der Waals surface area (Å²) in [5, 5.41) is 20.2. The van der Waals surface area contributed by atoms with Crippen LogP contribution in [0.5, 0.6) is 0 Å². The molecule has 150 valence electrons. The molecule has 2 aromatic rings. The minimum Gasteiger partial charge on any atom is -0.381 e. The van der Waals surface area contributed by atoms with Crippen molar-refractivity contribution in [2.24, 2.45) is 5.92 Å². The zero-order chi connectivity index (χ0) is 20.1. The second-order valence-electron chi connectivity index (χ2n) is 6.60. The molecule has 1 atom stereocenters. The number of carbonyl (C=O) groups is 1. The molecule has 1 saturated heterocycles. The van der Waals surface area contributed by atoms with Gasteiger partial charge in [0, 0.05) is 19.6 Å². The minimum atomic E-state index is -3.53. The number of hydrogen-bond donors (Lipinski definition) is 3. The van der Waals surface area contributed by atoms with E-state index < -0.39 is 10.0 Å². The normalized spacial score (nSPS) is 17.9. The lowest BCUT2D eigenvalue weighted by Gasteiger charge is -2.30. The van der Waals surface area contributed by atoms with Crippen LogP contribution in [0.1, 0.15) is 30.5 Å². The third-order valence-electron chi connectivity index (χ3n) is 4.73. The van der Waals surface area contributed by atoms with Gasteiger partial charge >= 0.3 is 0 Å². The van der Waals surface area contributed by atoms with E-state index in [4.69, 9.17) is 11.0 Å². The Bertz CT molecular complexity index is 962. The molecule has 0 radical (unpaired) electrons. The lowest BCUT2D eigenvalue weighted by Crippen LogP contribution is -2.45. The highest BCUT2D eigenvalue weighted by Crippen LogP contribution is 2.26. The maximum absolute atomic E-state index is 12.7. The summed E-state index contributed by atoms with van der Waals surface area (Å²) in [7, 11) is -3.53. The van der Waals surface area contributed by atoms with Crippen LogP contribution in [0.15, 0.2) is 21.7 Å². The first kappa shape index (κ1) is 20.3. The third-order valence-corrected chi connectivity index (χ3v) is 7.97. The van der Waals surface area contributed by atoms with E-state index in [1.54, 1.807) is 17.5 Å². The Morgan fingerprint density at radius 3 is 3.07 bits per heavy atom. The van der Waals surface area contributed by atoms with E-state index in [1.165, 1.54) is 15.6 Å². The van der Waals surface area contributed by atoms with Crippen molar-refractivity contribution >= 4 is 33.1 Å². The maximum atomic E-state index is 12.7. The van der Waals surface area contributed by atoms with E-state index in [0.717, 1.165) is 0 Å². The van der Waals surface area contributed by atoms with Gasteiger partial charge < -0.3 is 11.1 Å². The number of H-pyrrole nitrogens is 1. The van der Waals surface area contributed by atoms with Crippen LogP contribution in [-0.4, -0.2) is 48.5 Å². The molecule has 2 aromatic heterocycles. The summed E-state index contributed by atoms with van der Waals surface area (Å²) in [6.07, 6.45) is 2.47. The molecule has 0 saturated carbocycles. The fourth-order valence-corrected chi connectivity index (χ4v) is 5.90. The monoisotopic (exact) mass is 422 g/mol. The molecule has 0 unspecified atom stereocenters. The molecule has 0 aromatic carbocycles. The van der Waals surface area contributed by atoms with Gasteiger partial charge in [0.1, 0.15) is 15.8 Å². The first-order chi connectivity index (χ1) is 13.4. The molecular weight excluding hydrogens is 400 g/mol. The molecule has 1 aliphatic heterocycles. The number of nitrogens with two attached hydrogens (primary N) is 1. The number of sulfonamides is 1. The first-order valence-corrected chi connectivity index (χ1v) is 11.3. The molecule has 1 aliphatic rings. The minimum absolute atomic E-state index is 0.143. The summed E-state index contributed by atoms with van der Waals surface area (Å²) in [4.78, 5) is 12.5. The summed E-state index contributed by atoms with van der Waals surface area (Å²) in [6, 6.07) is 5.30. The predicted molar refractivity (Wildman–Crippen MR) is 105 cm³/mol. The summed E-state index contributed by atoms with van der Waals surface area (Å²) in [5.41, 5.74) is 6.59. The lowest BCUT2D eigenvalue weighted by atomic mass is 9.99. The Morgan fingerprint density at radius 1 is 1.54 bits per heavy atom. The van der Waals surface area contributed by atoms with Gasteiger partial charge in [-0.2, -0.15) is 14.7 Å². The molecular formula is C17H22N6O3S2. The van der Waals surface area contributed by atoms with Crippen LogP contribution in [0, 0.1) is 17.2 Å². The summed E-state index contributed by atoms with van der Waals surface area (Å²) < 4.78 is 27.0. The molecule has 9 nitrogen and oxygen atoms in total. The Labute approximate surface area is 167 Å². The Kier molecular flexibility index (Phi) is 6.33. The standard InChI is InChI=1S/C17H22N6O3S2/c18-10-13-14(21-22-16(13)19)5-1-7-20-17(24)12-4-2-8-23(11-12)28(25,26)15-6-3-9-27-15/h3,6,9,12H,1-2,4-5,7-8,11H2,(H,20,24)(H3,19,21,22)/t12-/m1/s1. The molecule has 28 heavy (non-hydrogen) atoms. The number of aryl methyl sites for hydroxylation is 1. The number of aromatic amines is 1. The van der Waals surface area contributed by atoms with Crippen LogP contribution >= 0.6 is 11.3 Å². The van der Waals surface area contributed by atoms with Crippen molar-refractivity contribution in [2.75, 3.05) is 25.4 Å². The Morgan fingerprint density at radius 2 is 2.36 bits per heavy atom. The van der Waals surface area contributed by atoms with Crippen LogP contribution in [0.2, 0.25) is 0 Å². The van der Waals surface area contributed by atoms with E-state index in [-0.39, 0.29) is 24.2 Å². The molecule has 11 heteroatoms. The van der Waals surface area contributed by atoms with E-state index >= 15 is 0 Å². The number of amides is 1. The van der Waals surface area contributed by atoms with Crippen LogP contribution in [-0.2, 0) is 21.2 Å². The van der Waals surface area contributed by atoms with Crippen molar-refractivity contribution in [3.8, 4) is 6.07 Å². The van der Waals surface area contributed by atoms with Gasteiger partial charge in [0.15, 0.2) is 5.82 Å². The van der Waals surface area contributed by atoms with Crippen molar-refractivity contribution < 1.29 is 13.2 Å². The highest BCUT2D eigenvalue weighted by molar-refractivity contribution is 7.91. The van der Waals surface area contributed by atoms with Crippen LogP contribution in [0.3, 0.4) is 0 Å². The maximum Gasteiger partial charge on any atom is 0.252 e. The van der Waals surface area contributed by atoms with E-state index in [9.17, 15) is 13.2 Å². The van der Waals surface area contributed by atoms with Crippen LogP contribution in [0.4, 0.5) is 5.82 Å². The molecule has 0 bridgehead atoms. The lowest BCUT2D eigenvalue weighted by molar-refractivity contribution is -0.126. The highest BCUT2D eigenvalue weighted by Gasteiger charge is 2.33. The fraction of sp³-hybridized carbons (Fsp3) is 0.471. The average molecular weight is 423 g/mol. The van der Waals surface area contributed by atoms with Gasteiger partial charge in [-0.15, -0.1) is 11.3 Å². The first-order valence-electron chi connectivity index (χ1n) is 8.97. The van der Waals surface area contributed by atoms with Crippen molar-refractivity contribution in [2.45, 2.75) is 29.9 Å². The van der Waals surface area contributed by atoms with Gasteiger partial charge in [-0.05, 0) is 37.1 Å². The van der Waals surface area contributed by atoms with Crippen LogP contribution < -0.4 is 11.1 Å². The van der Waals surface area contributed by atoms with Gasteiger partial charge in [-0.25, -0.2) is 8.42 Å². The Balaban J connectivity index is 1.50. The average Bonchev–Trinajstić information content (AvgIpc) is 3.35. The van der Waals surface area contributed by atoms with Crippen molar-refractivity contribution in [3.05, 3.63) is 28.8 Å². The molecule has 3 heterocycles. The topological polar surface area (TPSA) is 145 Å². The van der Waals surface area contributed by atoms with E-state index in [0.29, 0.717) is 54.2 Å². The quantitative estimate of drug-likeness (QED) is 0.569. The largest absolute Gasteiger partial charge is 0.381 e. The van der Waals surface area contributed by atoms with Crippen molar-refractivity contribution in [1.29, 1.82) is 5.26 Å². The molecule has 0 spiro atoms. The third kappa shape index (κ3) is 4.35. The number of nitrogens with zero attached hydrogens (tertiary/aromatic N) is 3. The number of nitriles is 1. The number of aromatic nitrogens is 2. The number of rotatable bonds is 7. The number of nitrogens with one attached hydrogen (secondary N) is 2. The van der Waals surface area contributed by atoms with E-state index in [2.05, 4.69) is 15.5 Å². The smallest absolute Gasteiger partial charge is 0.252 e. The molecule has 4 N–H and O–H groups in total. The summed E-state index contributed by atoms with van der Waals surface area (Å²) in [5.74, 6) is -0.326. The predicted octanol–water partition coefficient (Wildman–Crippen LogP) is 1.07. The van der Waals surface area contributed by atoms with E-state index in [1.807, 2.05) is 6.07 Å².